The second-order valence-electron chi connectivity index (χ2n) is 5.42. The van der Waals surface area contributed by atoms with Crippen LogP contribution >= 0.6 is 0 Å². The van der Waals surface area contributed by atoms with Crippen LogP contribution in [0.2, 0.25) is 0 Å². The lowest BCUT2D eigenvalue weighted by molar-refractivity contribution is 0.370. The summed E-state index contributed by atoms with van der Waals surface area (Å²) in [6.45, 7) is 2.07. The number of benzene rings is 1. The maximum Gasteiger partial charge on any atom is 0.0505 e. The summed E-state index contributed by atoms with van der Waals surface area (Å²) in [7, 11) is 4.13. The quantitative estimate of drug-likeness (QED) is 0.671. The first-order valence-corrected chi connectivity index (χ1v) is 6.75. The molecule has 0 spiro atoms. The largest absolute Gasteiger partial charge is 0.743 e. The molecule has 1 aliphatic heterocycles. The summed E-state index contributed by atoms with van der Waals surface area (Å²) in [6.07, 6.45) is 5.48. The maximum atomic E-state index is 11.2. The van der Waals surface area contributed by atoms with Crippen LogP contribution in [0.5, 0.6) is 0 Å². The summed E-state index contributed by atoms with van der Waals surface area (Å²) in [5.74, 6) is 5.27. The number of anilines is 1. The lowest BCUT2D eigenvalue weighted by Gasteiger charge is -2.24. The minimum absolute atomic E-state index is 0.404. The Balaban J connectivity index is 2.09. The highest BCUT2D eigenvalue weighted by molar-refractivity contribution is 5.95. The van der Waals surface area contributed by atoms with Gasteiger partial charge in [-0.15, -0.1) is 0 Å². The van der Waals surface area contributed by atoms with Gasteiger partial charge in [-0.05, 0) is 31.2 Å². The monoisotopic (exact) mass is 271 g/mol. The van der Waals surface area contributed by atoms with E-state index in [1.807, 2.05) is 19.2 Å². The highest BCUT2D eigenvalue weighted by Crippen LogP contribution is 2.32. The van der Waals surface area contributed by atoms with Crippen molar-refractivity contribution in [3.05, 3.63) is 41.2 Å². The maximum absolute atomic E-state index is 11.2. The number of aryl methyl sites for hydroxylation is 1. The molecule has 0 saturated heterocycles. The molecular formula is C15H19N4O-. The predicted octanol–water partition coefficient (Wildman–Crippen LogP) is 2.08. The zero-order valence-electron chi connectivity index (χ0n) is 11.8. The van der Waals surface area contributed by atoms with Crippen molar-refractivity contribution in [1.82, 2.24) is 9.47 Å². The summed E-state index contributed by atoms with van der Waals surface area (Å²) >= 11 is 0. The Kier molecular flexibility index (Phi) is 3.25. The van der Waals surface area contributed by atoms with Gasteiger partial charge in [0.05, 0.1) is 5.52 Å². The normalized spacial score (nSPS) is 16.5. The fourth-order valence-electron chi connectivity index (χ4n) is 2.78. The predicted molar refractivity (Wildman–Crippen MR) is 83.0 cm³/mol. The highest BCUT2D eigenvalue weighted by Gasteiger charge is 2.14. The molecule has 3 rings (SSSR count). The minimum atomic E-state index is 0.404. The van der Waals surface area contributed by atoms with Crippen LogP contribution in [0.1, 0.15) is 12.0 Å². The van der Waals surface area contributed by atoms with E-state index >= 15 is 0 Å². The van der Waals surface area contributed by atoms with Crippen LogP contribution in [0, 0.1) is 5.21 Å². The van der Waals surface area contributed by atoms with Crippen molar-refractivity contribution in [2.75, 3.05) is 25.3 Å². The molecule has 106 valence electrons. The van der Waals surface area contributed by atoms with Gasteiger partial charge in [0.2, 0.25) is 0 Å². The van der Waals surface area contributed by atoms with E-state index in [4.69, 9.17) is 5.84 Å². The standard InChI is InChI=1S/C15H19N4O/c1-17-7-5-11(6-8-17)14-10-18(2)15-9-12(19(16)20)3-4-13(14)15/h3-5,9-10H,6-8,16H2,1-2H3/q-1. The summed E-state index contributed by atoms with van der Waals surface area (Å²) < 4.78 is 2.05. The first-order valence-electron chi connectivity index (χ1n) is 6.75. The minimum Gasteiger partial charge on any atom is -0.743 e. The zero-order chi connectivity index (χ0) is 14.3. The van der Waals surface area contributed by atoms with Gasteiger partial charge in [-0.2, -0.15) is 0 Å². The topological polar surface area (TPSA) is 60.5 Å². The van der Waals surface area contributed by atoms with Crippen molar-refractivity contribution in [2.24, 2.45) is 12.9 Å². The summed E-state index contributed by atoms with van der Waals surface area (Å²) in [5, 5.41) is 12.8. The van der Waals surface area contributed by atoms with E-state index in [0.717, 1.165) is 25.0 Å². The van der Waals surface area contributed by atoms with Crippen LogP contribution in [0.15, 0.2) is 30.5 Å². The number of hydrazine groups is 1. The van der Waals surface area contributed by atoms with Crippen LogP contribution < -0.4 is 11.0 Å². The number of aromatic nitrogens is 1. The van der Waals surface area contributed by atoms with Gasteiger partial charge >= 0.3 is 0 Å². The molecule has 0 unspecified atom stereocenters. The lowest BCUT2D eigenvalue weighted by atomic mass is 9.99. The molecule has 1 aromatic heterocycles. The molecule has 2 aromatic rings. The van der Waals surface area contributed by atoms with Crippen molar-refractivity contribution >= 4 is 22.2 Å². The smallest absolute Gasteiger partial charge is 0.0505 e. The van der Waals surface area contributed by atoms with E-state index in [-0.39, 0.29) is 0 Å². The average Bonchev–Trinajstić information content (AvgIpc) is 2.76. The van der Waals surface area contributed by atoms with Gasteiger partial charge in [0.1, 0.15) is 0 Å². The molecule has 1 aliphatic rings. The van der Waals surface area contributed by atoms with Gasteiger partial charge in [0.25, 0.3) is 0 Å². The second kappa shape index (κ2) is 4.94. The van der Waals surface area contributed by atoms with E-state index in [1.165, 1.54) is 16.5 Å². The van der Waals surface area contributed by atoms with Gasteiger partial charge in [0.15, 0.2) is 0 Å². The van der Waals surface area contributed by atoms with Crippen molar-refractivity contribution in [1.29, 1.82) is 0 Å². The molecule has 2 N–H and O–H groups in total. The van der Waals surface area contributed by atoms with E-state index in [0.29, 0.717) is 10.9 Å². The molecule has 0 radical (unpaired) electrons. The molecule has 0 amide bonds. The fourth-order valence-corrected chi connectivity index (χ4v) is 2.78. The third kappa shape index (κ3) is 2.20. The SMILES string of the molecule is CN1CC=C(c2cn(C)c3cc(N(N)[O-])ccc23)CC1. The van der Waals surface area contributed by atoms with Crippen LogP contribution in [-0.4, -0.2) is 29.6 Å². The summed E-state index contributed by atoms with van der Waals surface area (Å²) in [4.78, 5) is 2.30. The van der Waals surface area contributed by atoms with Crippen LogP contribution in [0.3, 0.4) is 0 Å². The Bertz CT molecular complexity index is 672. The number of rotatable bonds is 2. The van der Waals surface area contributed by atoms with E-state index in [2.05, 4.69) is 28.8 Å². The Hall–Kier alpha value is -1.82. The van der Waals surface area contributed by atoms with E-state index in [1.54, 1.807) is 6.07 Å². The van der Waals surface area contributed by atoms with Crippen LogP contribution in [-0.2, 0) is 7.05 Å². The van der Waals surface area contributed by atoms with Gasteiger partial charge in [-0.25, -0.2) is 0 Å². The van der Waals surface area contributed by atoms with Gasteiger partial charge in [-0.1, -0.05) is 12.1 Å². The molecule has 0 atom stereocenters. The molecule has 0 aliphatic carbocycles. The Morgan fingerprint density at radius 3 is 2.75 bits per heavy atom. The number of nitrogens with two attached hydrogens (primary N) is 1. The molecular weight excluding hydrogens is 252 g/mol. The molecule has 20 heavy (non-hydrogen) atoms. The van der Waals surface area contributed by atoms with Crippen molar-refractivity contribution in [3.63, 3.8) is 0 Å². The molecule has 1 aromatic carbocycles. The van der Waals surface area contributed by atoms with Crippen molar-refractivity contribution in [2.45, 2.75) is 6.42 Å². The van der Waals surface area contributed by atoms with Crippen LogP contribution in [0.4, 0.5) is 5.69 Å². The number of likely N-dealkylation sites (N-methyl/N-ethyl adjacent to an activating group) is 1. The Morgan fingerprint density at radius 2 is 2.10 bits per heavy atom. The zero-order valence-corrected chi connectivity index (χ0v) is 11.8. The number of nitrogens with zero attached hydrogens (tertiary/aromatic N) is 3. The van der Waals surface area contributed by atoms with Gasteiger partial charge in [0, 0.05) is 43.0 Å². The van der Waals surface area contributed by atoms with Crippen molar-refractivity contribution < 1.29 is 0 Å². The number of fused-ring (bicyclic) bond motifs is 1. The molecule has 0 bridgehead atoms. The first kappa shape index (κ1) is 13.2. The average molecular weight is 271 g/mol. The number of hydrogen-bond acceptors (Lipinski definition) is 4. The third-order valence-electron chi connectivity index (χ3n) is 3.99. The molecule has 2 heterocycles. The second-order valence-corrected chi connectivity index (χ2v) is 5.42. The molecule has 5 heteroatoms. The Morgan fingerprint density at radius 1 is 1.30 bits per heavy atom. The first-order chi connectivity index (χ1) is 9.56. The van der Waals surface area contributed by atoms with Crippen molar-refractivity contribution in [3.8, 4) is 0 Å². The summed E-state index contributed by atoms with van der Waals surface area (Å²) in [6, 6.07) is 5.59. The molecule has 0 saturated carbocycles. The van der Waals surface area contributed by atoms with Gasteiger partial charge < -0.3 is 19.8 Å². The highest BCUT2D eigenvalue weighted by atomic mass is 16.5. The number of hydrogen-bond donors (Lipinski definition) is 1. The third-order valence-corrected chi connectivity index (χ3v) is 3.99. The summed E-state index contributed by atoms with van der Waals surface area (Å²) in [5.41, 5.74) is 4.15. The fraction of sp³-hybridized carbons (Fsp3) is 0.333. The van der Waals surface area contributed by atoms with E-state index in [9.17, 15) is 5.21 Å². The lowest BCUT2D eigenvalue weighted by Crippen LogP contribution is -2.23. The van der Waals surface area contributed by atoms with Gasteiger partial charge in [-0.3, -0.25) is 5.84 Å². The van der Waals surface area contributed by atoms with E-state index < -0.39 is 0 Å². The molecule has 5 nitrogen and oxygen atoms in total. The van der Waals surface area contributed by atoms with Crippen LogP contribution in [0.25, 0.3) is 16.5 Å². The Labute approximate surface area is 118 Å². The molecule has 0 fully saturated rings.